The van der Waals surface area contributed by atoms with Gasteiger partial charge in [0.05, 0.1) is 24.2 Å². The number of fused-ring (bicyclic) bond motifs is 1. The van der Waals surface area contributed by atoms with Crippen molar-refractivity contribution in [3.8, 4) is 51.0 Å². The van der Waals surface area contributed by atoms with Crippen molar-refractivity contribution in [2.45, 2.75) is 66.2 Å². The van der Waals surface area contributed by atoms with E-state index < -0.39 is 17.7 Å². The number of piperidine rings is 1. The van der Waals surface area contributed by atoms with Crippen LogP contribution in [0.5, 0.6) is 17.2 Å². The second-order valence-corrected chi connectivity index (χ2v) is 17.1. The van der Waals surface area contributed by atoms with Crippen molar-refractivity contribution in [3.05, 3.63) is 108 Å². The van der Waals surface area contributed by atoms with Crippen LogP contribution in [-0.2, 0) is 0 Å². The third-order valence-corrected chi connectivity index (χ3v) is 12.0. The molecule has 9 rings (SSSR count). The van der Waals surface area contributed by atoms with Gasteiger partial charge in [0.1, 0.15) is 22.8 Å². The van der Waals surface area contributed by atoms with Crippen molar-refractivity contribution in [2.75, 3.05) is 67.9 Å². The molecule has 3 aromatic heterocycles. The van der Waals surface area contributed by atoms with Gasteiger partial charge in [-0.3, -0.25) is 14.4 Å². The Labute approximate surface area is 408 Å². The number of benzene rings is 3. The standard InChI is InChI=1S/C19H24N4O2.C17H18N4O3.C16H20N4O/c1-3-10-23(12-13-4-5-13)19-21-16(11-17(22-19)18(20)24)14-6-8-15(25-2)9-7-14;18-16(22)13-9-12(11-4-5-14-15(8-11)24-10-23-14)19-17(20-13)21-6-2-1-3-7-21;1-4-20(5-2)16-18-13(10-14(19-16)15(17)21)12-9-7-6-8-11(12)3/h6-9,11,13H,3-5,10,12H2,1-2H3,(H2,20,24);4-5,8-9H,1-3,6-7,10H2,(H2,18,22);6-10H,4-5H2,1-3H3,(H2,17,21). The van der Waals surface area contributed by atoms with E-state index in [1.54, 1.807) is 25.3 Å². The lowest BCUT2D eigenvalue weighted by Crippen LogP contribution is -2.31. The number of carbonyl (C=O) groups excluding carboxylic acids is 3. The van der Waals surface area contributed by atoms with Gasteiger partial charge in [-0.25, -0.2) is 29.9 Å². The van der Waals surface area contributed by atoms with Crippen molar-refractivity contribution < 1.29 is 28.6 Å². The van der Waals surface area contributed by atoms with Crippen LogP contribution in [0.1, 0.15) is 96.3 Å². The SMILES string of the molecule is CCCN(CC1CC1)c1nc(C(N)=O)cc(-c2ccc(OC)cc2)n1.CCN(CC)c1nc(C(N)=O)cc(-c2ccccc2C)n1.NC(=O)c1cc(-c2ccc3c(c2)OCO3)nc(N2CCCCC2)n1. The van der Waals surface area contributed by atoms with Crippen LogP contribution in [0.3, 0.4) is 0 Å². The molecule has 0 bridgehead atoms. The Hall–Kier alpha value is -7.89. The lowest BCUT2D eigenvalue weighted by Gasteiger charge is -2.27. The lowest BCUT2D eigenvalue weighted by molar-refractivity contribution is 0.0987. The minimum Gasteiger partial charge on any atom is -0.497 e. The monoisotopic (exact) mass is 950 g/mol. The summed E-state index contributed by atoms with van der Waals surface area (Å²) in [5.41, 5.74) is 22.9. The van der Waals surface area contributed by atoms with Crippen molar-refractivity contribution in [1.82, 2.24) is 29.9 Å². The lowest BCUT2D eigenvalue weighted by atomic mass is 10.1. The topological polar surface area (TPSA) is 244 Å². The number of anilines is 3. The molecule has 2 fully saturated rings. The predicted molar refractivity (Wildman–Crippen MR) is 270 cm³/mol. The molecule has 2 aliphatic heterocycles. The van der Waals surface area contributed by atoms with Crippen molar-refractivity contribution >= 4 is 35.6 Å². The number of carbonyl (C=O) groups is 3. The van der Waals surface area contributed by atoms with Crippen LogP contribution in [0.15, 0.2) is 84.9 Å². The average molecular weight is 951 g/mol. The van der Waals surface area contributed by atoms with Gasteiger partial charge in [-0.2, -0.15) is 0 Å². The molecular formula is C52H62N12O6. The highest BCUT2D eigenvalue weighted by Gasteiger charge is 2.26. The summed E-state index contributed by atoms with van der Waals surface area (Å²) >= 11 is 0. The van der Waals surface area contributed by atoms with Gasteiger partial charge in [-0.1, -0.05) is 31.2 Å². The minimum absolute atomic E-state index is 0.216. The van der Waals surface area contributed by atoms with Crippen LogP contribution in [-0.4, -0.2) is 101 Å². The summed E-state index contributed by atoms with van der Waals surface area (Å²) < 4.78 is 15.9. The maximum atomic E-state index is 11.7. The summed E-state index contributed by atoms with van der Waals surface area (Å²) in [6.45, 7) is 13.5. The Bertz CT molecular complexity index is 2780. The van der Waals surface area contributed by atoms with Gasteiger partial charge in [0, 0.05) is 56.0 Å². The van der Waals surface area contributed by atoms with Crippen LogP contribution in [0.4, 0.5) is 17.8 Å². The normalized spacial score (nSPS) is 13.5. The van der Waals surface area contributed by atoms with Gasteiger partial charge in [-0.15, -0.1) is 0 Å². The van der Waals surface area contributed by atoms with Crippen molar-refractivity contribution in [1.29, 1.82) is 0 Å². The smallest absolute Gasteiger partial charge is 0.267 e. The zero-order valence-corrected chi connectivity index (χ0v) is 40.6. The van der Waals surface area contributed by atoms with Gasteiger partial charge in [-0.05, 0) is 131 Å². The van der Waals surface area contributed by atoms with Crippen LogP contribution >= 0.6 is 0 Å². The van der Waals surface area contributed by atoms with E-state index in [4.69, 9.17) is 36.4 Å². The summed E-state index contributed by atoms with van der Waals surface area (Å²) in [5, 5.41) is 0. The summed E-state index contributed by atoms with van der Waals surface area (Å²) in [5.74, 6) is 2.89. The molecule has 18 nitrogen and oxygen atoms in total. The Morgan fingerprint density at radius 3 is 1.83 bits per heavy atom. The fourth-order valence-electron chi connectivity index (χ4n) is 7.97. The highest BCUT2D eigenvalue weighted by molar-refractivity contribution is 5.93. The molecule has 1 aliphatic carbocycles. The second-order valence-electron chi connectivity index (χ2n) is 17.1. The predicted octanol–water partition coefficient (Wildman–Crippen LogP) is 7.24. The molecule has 3 aromatic carbocycles. The van der Waals surface area contributed by atoms with E-state index in [0.29, 0.717) is 46.6 Å². The molecule has 0 unspecified atom stereocenters. The summed E-state index contributed by atoms with van der Waals surface area (Å²) in [4.78, 5) is 68.2. The number of methoxy groups -OCH3 is 1. The molecule has 18 heteroatoms. The summed E-state index contributed by atoms with van der Waals surface area (Å²) in [6, 6.07) is 26.0. The molecule has 1 saturated carbocycles. The van der Waals surface area contributed by atoms with E-state index in [0.717, 1.165) is 92.2 Å². The first-order chi connectivity index (χ1) is 33.9. The molecule has 70 heavy (non-hydrogen) atoms. The third kappa shape index (κ3) is 12.8. The van der Waals surface area contributed by atoms with Crippen LogP contribution < -0.4 is 46.1 Å². The molecule has 3 aliphatic rings. The molecule has 5 heterocycles. The highest BCUT2D eigenvalue weighted by atomic mass is 16.7. The summed E-state index contributed by atoms with van der Waals surface area (Å²) in [7, 11) is 1.63. The molecule has 6 aromatic rings. The van der Waals surface area contributed by atoms with Crippen molar-refractivity contribution in [2.24, 2.45) is 23.1 Å². The van der Waals surface area contributed by atoms with Gasteiger partial charge < -0.3 is 46.1 Å². The first-order valence-corrected chi connectivity index (χ1v) is 23.8. The minimum atomic E-state index is -0.558. The number of hydrogen-bond donors (Lipinski definition) is 3. The van der Waals surface area contributed by atoms with Gasteiger partial charge >= 0.3 is 0 Å². The van der Waals surface area contributed by atoms with Crippen molar-refractivity contribution in [3.63, 3.8) is 0 Å². The van der Waals surface area contributed by atoms with E-state index in [1.807, 2.05) is 92.4 Å². The second kappa shape index (κ2) is 23.4. The van der Waals surface area contributed by atoms with E-state index in [2.05, 4.69) is 41.6 Å². The average Bonchev–Trinajstić information content (AvgIpc) is 4.09. The van der Waals surface area contributed by atoms with Crippen LogP contribution in [0.2, 0.25) is 0 Å². The quantitative estimate of drug-likeness (QED) is 0.0866. The number of nitrogens with zero attached hydrogens (tertiary/aromatic N) is 9. The fourth-order valence-corrected chi connectivity index (χ4v) is 7.97. The Balaban J connectivity index is 0.000000155. The third-order valence-electron chi connectivity index (χ3n) is 12.0. The Morgan fingerprint density at radius 1 is 0.657 bits per heavy atom. The summed E-state index contributed by atoms with van der Waals surface area (Å²) in [6.07, 6.45) is 6.91. The number of amides is 3. The molecule has 0 atom stereocenters. The first-order valence-electron chi connectivity index (χ1n) is 23.8. The van der Waals surface area contributed by atoms with E-state index in [9.17, 15) is 14.4 Å². The van der Waals surface area contributed by atoms with E-state index >= 15 is 0 Å². The van der Waals surface area contributed by atoms with Crippen LogP contribution in [0, 0.1) is 12.8 Å². The molecule has 366 valence electrons. The zero-order chi connectivity index (χ0) is 49.7. The molecule has 3 amide bonds. The maximum absolute atomic E-state index is 11.7. The molecule has 0 spiro atoms. The molecule has 0 radical (unpaired) electrons. The number of aryl methyl sites for hydroxylation is 1. The Kier molecular flexibility index (Phi) is 16.7. The Morgan fingerprint density at radius 2 is 1.23 bits per heavy atom. The van der Waals surface area contributed by atoms with E-state index in [1.165, 1.54) is 19.3 Å². The number of nitrogens with two attached hydrogens (primary N) is 3. The number of hydrogen-bond acceptors (Lipinski definition) is 15. The number of ether oxygens (including phenoxy) is 3. The van der Waals surface area contributed by atoms with Gasteiger partial charge in [0.15, 0.2) is 11.5 Å². The molecule has 6 N–H and O–H groups in total. The van der Waals surface area contributed by atoms with E-state index in [-0.39, 0.29) is 23.9 Å². The van der Waals surface area contributed by atoms with Gasteiger partial charge in [0.25, 0.3) is 17.7 Å². The number of primary amides is 3. The molecular weight excluding hydrogens is 889 g/mol. The molecule has 1 saturated heterocycles. The zero-order valence-electron chi connectivity index (χ0n) is 40.6. The fraction of sp³-hybridized carbons (Fsp3) is 0.365. The maximum Gasteiger partial charge on any atom is 0.267 e. The van der Waals surface area contributed by atoms with Gasteiger partial charge in [0.2, 0.25) is 24.6 Å². The van der Waals surface area contributed by atoms with Crippen LogP contribution in [0.25, 0.3) is 33.8 Å². The number of rotatable bonds is 16. The highest BCUT2D eigenvalue weighted by Crippen LogP contribution is 2.36. The first kappa shape index (κ1) is 50.0. The largest absolute Gasteiger partial charge is 0.497 e. The number of aromatic nitrogens is 6.